The Morgan fingerprint density at radius 3 is 1.56 bits per heavy atom. The van der Waals surface area contributed by atoms with Gasteiger partial charge < -0.3 is 20.9 Å². The molecule has 0 amide bonds. The standard InChI is InChI=1S/C9H20N2O2.2HI.Pt/c1-9(2,3)8-12-6(4-10)7(5-11)13-8;;;/h6-8H,4-5,10-11H2,1-3H3;2*1H;/q;;;+2/p-2/t6-,7-;;;/m1.../s1. The maximum absolute atomic E-state index is 5.65. The van der Waals surface area contributed by atoms with E-state index in [9.17, 15) is 0 Å². The molecule has 0 aliphatic carbocycles. The fourth-order valence-electron chi connectivity index (χ4n) is 1.35. The summed E-state index contributed by atoms with van der Waals surface area (Å²) in [4.78, 5) is 0. The number of rotatable bonds is 2. The monoisotopic (exact) mass is 637 g/mol. The Bertz CT molecular complexity index is 181. The molecule has 0 bridgehead atoms. The summed E-state index contributed by atoms with van der Waals surface area (Å²) in [6, 6.07) is 0. The summed E-state index contributed by atoms with van der Waals surface area (Å²) in [5.41, 5.74) is 11.1. The zero-order valence-electron chi connectivity index (χ0n) is 9.69. The van der Waals surface area contributed by atoms with Crippen LogP contribution in [0.5, 0.6) is 0 Å². The third kappa shape index (κ3) is 6.24. The number of ether oxygens (including phenoxy) is 2. The van der Waals surface area contributed by atoms with Gasteiger partial charge in [-0.25, -0.2) is 0 Å². The molecule has 1 rings (SSSR count). The van der Waals surface area contributed by atoms with Crippen LogP contribution in [0.4, 0.5) is 0 Å². The van der Waals surface area contributed by atoms with Crippen LogP contribution in [0.1, 0.15) is 20.8 Å². The van der Waals surface area contributed by atoms with E-state index >= 15 is 0 Å². The SMILES string of the molecule is CC(C)(C)C1O[C@H](CN)[C@@H](CN)O1.[I][Pt][I]. The molecule has 102 valence electrons. The Kier molecular flexibility index (Phi) is 10.1. The molecule has 0 radical (unpaired) electrons. The van der Waals surface area contributed by atoms with Crippen LogP contribution in [0.25, 0.3) is 0 Å². The summed E-state index contributed by atoms with van der Waals surface area (Å²) in [6.07, 6.45) is -0.280. The fraction of sp³-hybridized carbons (Fsp3) is 1.00. The van der Waals surface area contributed by atoms with E-state index in [0.717, 1.165) is 0 Å². The van der Waals surface area contributed by atoms with Crippen molar-refractivity contribution in [1.29, 1.82) is 0 Å². The van der Waals surface area contributed by atoms with E-state index in [0.29, 0.717) is 24.3 Å². The zero-order chi connectivity index (χ0) is 12.8. The minimum absolute atomic E-state index is 0.0165. The number of hydrogen-bond donors (Lipinski definition) is 2. The van der Waals surface area contributed by atoms with Gasteiger partial charge in [-0.2, -0.15) is 0 Å². The van der Waals surface area contributed by atoms with Crippen molar-refractivity contribution in [3.63, 3.8) is 0 Å². The van der Waals surface area contributed by atoms with Crippen molar-refractivity contribution in [3.8, 4) is 0 Å². The van der Waals surface area contributed by atoms with E-state index < -0.39 is 0 Å². The van der Waals surface area contributed by atoms with Crippen molar-refractivity contribution in [2.75, 3.05) is 13.1 Å². The molecule has 0 unspecified atom stereocenters. The number of nitrogens with two attached hydrogens (primary N) is 2. The first-order valence-corrected chi connectivity index (χ1v) is 17.8. The number of hydrogen-bond acceptors (Lipinski definition) is 4. The molecule has 1 fully saturated rings. The molecular weight excluding hydrogens is 617 g/mol. The third-order valence-corrected chi connectivity index (χ3v) is 2.18. The van der Waals surface area contributed by atoms with Crippen LogP contribution in [0.3, 0.4) is 0 Å². The normalized spacial score (nSPS) is 26.7. The second kappa shape index (κ2) is 8.98. The molecule has 16 heavy (non-hydrogen) atoms. The first kappa shape index (κ1) is 18.0. The molecular formula is C9H20I2N2O2Pt. The minimum atomic E-state index is -0.186. The molecule has 0 spiro atoms. The molecule has 2 atom stereocenters. The molecule has 1 aliphatic heterocycles. The first-order valence-electron chi connectivity index (χ1n) is 4.94. The van der Waals surface area contributed by atoms with Gasteiger partial charge in [0.15, 0.2) is 6.29 Å². The Morgan fingerprint density at radius 2 is 1.38 bits per heavy atom. The van der Waals surface area contributed by atoms with Gasteiger partial charge >= 0.3 is 49.9 Å². The summed E-state index contributed by atoms with van der Waals surface area (Å²) in [5, 5.41) is 0. The molecule has 1 aliphatic rings. The molecule has 1 heterocycles. The Morgan fingerprint density at radius 1 is 1.06 bits per heavy atom. The predicted molar refractivity (Wildman–Crippen MR) is 79.1 cm³/mol. The second-order valence-electron chi connectivity index (χ2n) is 4.56. The van der Waals surface area contributed by atoms with E-state index in [1.165, 1.54) is 0 Å². The van der Waals surface area contributed by atoms with Crippen molar-refractivity contribution in [3.05, 3.63) is 0 Å². The molecule has 0 saturated carbocycles. The molecule has 7 heteroatoms. The van der Waals surface area contributed by atoms with Gasteiger partial charge in [0.25, 0.3) is 0 Å². The van der Waals surface area contributed by atoms with Gasteiger partial charge in [-0.05, 0) is 0 Å². The molecule has 4 nitrogen and oxygen atoms in total. The molecule has 0 aromatic carbocycles. The average molecular weight is 637 g/mol. The van der Waals surface area contributed by atoms with Gasteiger partial charge in [-0.15, -0.1) is 0 Å². The van der Waals surface area contributed by atoms with E-state index in [1.54, 1.807) is 0 Å². The van der Waals surface area contributed by atoms with Crippen LogP contribution in [0, 0.1) is 5.41 Å². The van der Waals surface area contributed by atoms with Crippen LogP contribution in [-0.2, 0) is 20.7 Å². The molecule has 0 aromatic heterocycles. The topological polar surface area (TPSA) is 70.5 Å². The Balaban J connectivity index is 0.000000673. The summed E-state index contributed by atoms with van der Waals surface area (Å²) < 4.78 is 11.3. The van der Waals surface area contributed by atoms with E-state index in [4.69, 9.17) is 20.9 Å². The van der Waals surface area contributed by atoms with E-state index in [-0.39, 0.29) is 23.9 Å². The predicted octanol–water partition coefficient (Wildman–Crippen LogP) is 1.83. The van der Waals surface area contributed by atoms with Crippen molar-refractivity contribution < 1.29 is 20.7 Å². The van der Waals surface area contributed by atoms with Gasteiger partial charge in [0.05, 0.1) is 0 Å². The summed E-state index contributed by atoms with van der Waals surface area (Å²) in [5.74, 6) is 0. The van der Waals surface area contributed by atoms with Crippen molar-refractivity contribution in [1.82, 2.24) is 0 Å². The van der Waals surface area contributed by atoms with E-state index in [1.807, 2.05) is 0 Å². The molecule has 1 saturated heterocycles. The van der Waals surface area contributed by atoms with Gasteiger partial charge in [0, 0.05) is 18.5 Å². The van der Waals surface area contributed by atoms with Crippen LogP contribution >= 0.6 is 38.7 Å². The van der Waals surface area contributed by atoms with Crippen LogP contribution in [-0.4, -0.2) is 31.6 Å². The summed E-state index contributed by atoms with van der Waals surface area (Å²) in [7, 11) is 0. The third-order valence-electron chi connectivity index (χ3n) is 2.18. The van der Waals surface area contributed by atoms with E-state index in [2.05, 4.69) is 59.5 Å². The van der Waals surface area contributed by atoms with Crippen molar-refractivity contribution in [2.24, 2.45) is 16.9 Å². The van der Waals surface area contributed by atoms with Crippen LogP contribution < -0.4 is 11.5 Å². The average Bonchev–Trinajstić information content (AvgIpc) is 2.61. The summed E-state index contributed by atoms with van der Waals surface area (Å²) >= 11 is 5.30. The second-order valence-corrected chi connectivity index (χ2v) is 21.2. The Hall–Kier alpha value is 1.99. The van der Waals surface area contributed by atoms with Crippen LogP contribution in [0.2, 0.25) is 0 Å². The number of halogens is 2. The van der Waals surface area contributed by atoms with Gasteiger partial charge in [-0.3, -0.25) is 0 Å². The first-order chi connectivity index (χ1) is 7.40. The molecule has 0 aromatic rings. The maximum atomic E-state index is 5.65. The Labute approximate surface area is 127 Å². The van der Waals surface area contributed by atoms with Crippen molar-refractivity contribution >= 4 is 38.7 Å². The van der Waals surface area contributed by atoms with Gasteiger partial charge in [-0.1, -0.05) is 20.8 Å². The quantitative estimate of drug-likeness (QED) is 0.454. The van der Waals surface area contributed by atoms with Crippen molar-refractivity contribution in [2.45, 2.75) is 39.3 Å². The zero-order valence-corrected chi connectivity index (χ0v) is 16.3. The molecule has 4 N–H and O–H groups in total. The fourth-order valence-corrected chi connectivity index (χ4v) is 1.35. The van der Waals surface area contributed by atoms with Gasteiger partial charge in [0.1, 0.15) is 12.2 Å². The summed E-state index contributed by atoms with van der Waals surface area (Å²) in [6.45, 7) is 7.15. The van der Waals surface area contributed by atoms with Crippen LogP contribution in [0.15, 0.2) is 0 Å². The van der Waals surface area contributed by atoms with Gasteiger partial charge in [0.2, 0.25) is 0 Å².